The van der Waals surface area contributed by atoms with Gasteiger partial charge in [0.05, 0.1) is 5.92 Å². The number of fused-ring (bicyclic) bond motifs is 1. The maximum absolute atomic E-state index is 14.1. The molecule has 0 spiro atoms. The summed E-state index contributed by atoms with van der Waals surface area (Å²) >= 11 is 0. The van der Waals surface area contributed by atoms with Crippen molar-refractivity contribution in [1.29, 1.82) is 0 Å². The minimum Gasteiger partial charge on any atom is -0.366 e. The lowest BCUT2D eigenvalue weighted by Gasteiger charge is -2.26. The van der Waals surface area contributed by atoms with Gasteiger partial charge >= 0.3 is 0 Å². The molecule has 4 nitrogen and oxygen atoms in total. The predicted molar refractivity (Wildman–Crippen MR) is 73.3 cm³/mol. The summed E-state index contributed by atoms with van der Waals surface area (Å²) in [5.74, 6) is -4.81. The van der Waals surface area contributed by atoms with E-state index in [2.05, 4.69) is 10.3 Å². The van der Waals surface area contributed by atoms with Crippen LogP contribution in [0.15, 0.2) is 42.2 Å². The molecule has 3 N–H and O–H groups in total. The molecule has 1 aliphatic heterocycles. The lowest BCUT2D eigenvalue weighted by Crippen LogP contribution is -2.26. The molecule has 0 aliphatic carbocycles. The van der Waals surface area contributed by atoms with Crippen LogP contribution in [-0.2, 0) is 4.79 Å². The molecule has 0 bridgehead atoms. The Balaban J connectivity index is 2.27. The third-order valence-electron chi connectivity index (χ3n) is 3.44. The largest absolute Gasteiger partial charge is 0.366 e. The summed E-state index contributed by atoms with van der Waals surface area (Å²) in [6.45, 7) is 0. The van der Waals surface area contributed by atoms with Gasteiger partial charge in [-0.05, 0) is 6.07 Å². The number of aromatic nitrogens is 1. The molecule has 2 aromatic rings. The first-order chi connectivity index (χ1) is 10.5. The zero-order valence-corrected chi connectivity index (χ0v) is 11.1. The number of rotatable bonds is 2. The second-order valence-electron chi connectivity index (χ2n) is 4.77. The Labute approximate surface area is 123 Å². The van der Waals surface area contributed by atoms with Crippen molar-refractivity contribution in [3.05, 3.63) is 70.8 Å². The second-order valence-corrected chi connectivity index (χ2v) is 4.77. The molecule has 7 heteroatoms. The number of anilines is 1. The highest BCUT2D eigenvalue weighted by molar-refractivity contribution is 5.96. The fourth-order valence-electron chi connectivity index (χ4n) is 2.52. The Morgan fingerprint density at radius 2 is 1.91 bits per heavy atom. The number of primary amides is 1. The van der Waals surface area contributed by atoms with Crippen molar-refractivity contribution in [2.75, 3.05) is 5.32 Å². The van der Waals surface area contributed by atoms with E-state index in [1.54, 1.807) is 12.1 Å². The van der Waals surface area contributed by atoms with E-state index in [1.165, 1.54) is 12.4 Å². The highest BCUT2D eigenvalue weighted by atomic mass is 19.1. The van der Waals surface area contributed by atoms with Gasteiger partial charge in [-0.2, -0.15) is 0 Å². The Morgan fingerprint density at radius 3 is 2.55 bits per heavy atom. The van der Waals surface area contributed by atoms with Crippen LogP contribution >= 0.6 is 0 Å². The number of nitrogens with one attached hydrogen (secondary N) is 1. The third-order valence-corrected chi connectivity index (χ3v) is 3.44. The van der Waals surface area contributed by atoms with Gasteiger partial charge in [-0.25, -0.2) is 18.2 Å². The van der Waals surface area contributed by atoms with Crippen LogP contribution < -0.4 is 11.1 Å². The Bertz CT molecular complexity index is 781. The molecule has 1 unspecified atom stereocenters. The molecule has 1 amide bonds. The molecule has 0 saturated carbocycles. The van der Waals surface area contributed by atoms with Gasteiger partial charge in [0, 0.05) is 41.2 Å². The van der Waals surface area contributed by atoms with Crippen LogP contribution in [0.1, 0.15) is 17.0 Å². The quantitative estimate of drug-likeness (QED) is 0.895. The average molecular weight is 305 g/mol. The fraction of sp³-hybridized carbons (Fsp3) is 0.0667. The normalized spacial score (nSPS) is 16.5. The molecule has 22 heavy (non-hydrogen) atoms. The monoisotopic (exact) mass is 305 g/mol. The van der Waals surface area contributed by atoms with Crippen LogP contribution in [0.2, 0.25) is 0 Å². The summed E-state index contributed by atoms with van der Waals surface area (Å²) in [5, 5.41) is 2.75. The molecule has 1 aromatic carbocycles. The maximum Gasteiger partial charge on any atom is 0.247 e. The van der Waals surface area contributed by atoms with Gasteiger partial charge in [0.25, 0.3) is 0 Å². The summed E-state index contributed by atoms with van der Waals surface area (Å²) < 4.78 is 41.4. The molecule has 1 aliphatic rings. The minimum absolute atomic E-state index is 0.0371. The standard InChI is InChI=1S/C15H10F3N3O/c16-7-4-10(17)13(11(18)5-7)12-8-2-1-3-20-15(8)21-6-9(12)14(19)22/h1-6,12H,(H2,19,22)(H,20,21). The summed E-state index contributed by atoms with van der Waals surface area (Å²) in [5.41, 5.74) is 5.19. The van der Waals surface area contributed by atoms with Gasteiger partial charge in [-0.3, -0.25) is 4.79 Å². The minimum atomic E-state index is -1.09. The number of hydrogen-bond acceptors (Lipinski definition) is 3. The number of amides is 1. The zero-order valence-electron chi connectivity index (χ0n) is 11.1. The second kappa shape index (κ2) is 5.18. The van der Waals surface area contributed by atoms with E-state index in [0.29, 0.717) is 23.5 Å². The van der Waals surface area contributed by atoms with E-state index in [0.717, 1.165) is 0 Å². The summed E-state index contributed by atoms with van der Waals surface area (Å²) in [4.78, 5) is 15.7. The highest BCUT2D eigenvalue weighted by Crippen LogP contribution is 2.40. The van der Waals surface area contributed by atoms with Crippen molar-refractivity contribution in [1.82, 2.24) is 4.98 Å². The fourth-order valence-corrected chi connectivity index (χ4v) is 2.52. The zero-order chi connectivity index (χ0) is 15.9. The number of carbonyl (C=O) groups excluding carboxylic acids is 1. The molecule has 3 rings (SSSR count). The third kappa shape index (κ3) is 2.20. The first-order valence-electron chi connectivity index (χ1n) is 6.34. The van der Waals surface area contributed by atoms with Crippen LogP contribution in [0.4, 0.5) is 19.0 Å². The molecule has 112 valence electrons. The van der Waals surface area contributed by atoms with E-state index in [-0.39, 0.29) is 5.57 Å². The van der Waals surface area contributed by atoms with Crippen molar-refractivity contribution in [3.63, 3.8) is 0 Å². The maximum atomic E-state index is 14.1. The Kier molecular flexibility index (Phi) is 3.32. The molecule has 1 aromatic heterocycles. The smallest absolute Gasteiger partial charge is 0.247 e. The van der Waals surface area contributed by atoms with Gasteiger partial charge < -0.3 is 11.1 Å². The number of hydrogen-bond donors (Lipinski definition) is 2. The Morgan fingerprint density at radius 1 is 1.23 bits per heavy atom. The topological polar surface area (TPSA) is 68.0 Å². The van der Waals surface area contributed by atoms with Gasteiger partial charge in [-0.15, -0.1) is 0 Å². The lowest BCUT2D eigenvalue weighted by molar-refractivity contribution is -0.114. The number of nitrogens with two attached hydrogens (primary N) is 1. The van der Waals surface area contributed by atoms with Crippen molar-refractivity contribution in [2.45, 2.75) is 5.92 Å². The molecular formula is C15H10F3N3O. The molecule has 0 radical (unpaired) electrons. The lowest BCUT2D eigenvalue weighted by atomic mass is 9.83. The molecule has 0 saturated heterocycles. The van der Waals surface area contributed by atoms with Crippen LogP contribution in [-0.4, -0.2) is 10.9 Å². The first kappa shape index (κ1) is 14.1. The summed E-state index contributed by atoms with van der Waals surface area (Å²) in [7, 11) is 0. The van der Waals surface area contributed by atoms with Crippen LogP contribution in [0, 0.1) is 17.5 Å². The average Bonchev–Trinajstić information content (AvgIpc) is 2.46. The van der Waals surface area contributed by atoms with Crippen molar-refractivity contribution < 1.29 is 18.0 Å². The number of benzene rings is 1. The summed E-state index contributed by atoms with van der Waals surface area (Å²) in [6, 6.07) is 4.26. The number of pyridine rings is 1. The summed E-state index contributed by atoms with van der Waals surface area (Å²) in [6.07, 6.45) is 2.74. The van der Waals surface area contributed by atoms with Crippen molar-refractivity contribution in [2.24, 2.45) is 5.73 Å². The van der Waals surface area contributed by atoms with Gasteiger partial charge in [0.2, 0.25) is 5.91 Å². The highest BCUT2D eigenvalue weighted by Gasteiger charge is 2.33. The molecule has 1 atom stereocenters. The van der Waals surface area contributed by atoms with Crippen molar-refractivity contribution in [3.8, 4) is 0 Å². The van der Waals surface area contributed by atoms with E-state index >= 15 is 0 Å². The van der Waals surface area contributed by atoms with Crippen LogP contribution in [0.5, 0.6) is 0 Å². The van der Waals surface area contributed by atoms with E-state index in [1.807, 2.05) is 0 Å². The van der Waals surface area contributed by atoms with Crippen LogP contribution in [0.3, 0.4) is 0 Å². The SMILES string of the molecule is NC(=O)C1=CNc2ncccc2C1c1c(F)cc(F)cc1F. The molecular weight excluding hydrogens is 295 g/mol. The predicted octanol–water partition coefficient (Wildman–Crippen LogP) is 2.43. The van der Waals surface area contributed by atoms with E-state index < -0.39 is 34.8 Å². The number of carbonyl (C=O) groups is 1. The molecule has 2 heterocycles. The van der Waals surface area contributed by atoms with Crippen LogP contribution in [0.25, 0.3) is 0 Å². The number of nitrogens with zero attached hydrogens (tertiary/aromatic N) is 1. The Hall–Kier alpha value is -2.83. The van der Waals surface area contributed by atoms with Gasteiger partial charge in [0.1, 0.15) is 23.3 Å². The van der Waals surface area contributed by atoms with Gasteiger partial charge in [-0.1, -0.05) is 6.07 Å². The van der Waals surface area contributed by atoms with Crippen molar-refractivity contribution >= 4 is 11.7 Å². The molecule has 0 fully saturated rings. The van der Waals surface area contributed by atoms with E-state index in [9.17, 15) is 18.0 Å². The van der Waals surface area contributed by atoms with E-state index in [4.69, 9.17) is 5.73 Å². The number of halogens is 3. The van der Waals surface area contributed by atoms with Gasteiger partial charge in [0.15, 0.2) is 0 Å². The first-order valence-corrected chi connectivity index (χ1v) is 6.34.